The van der Waals surface area contributed by atoms with E-state index in [2.05, 4.69) is 4.72 Å². The monoisotopic (exact) mass is 928 g/mol. The zero-order chi connectivity index (χ0) is 44.8. The van der Waals surface area contributed by atoms with E-state index in [0.717, 1.165) is 51.7 Å². The number of rotatable bonds is 11. The molecule has 0 saturated heterocycles. The van der Waals surface area contributed by atoms with Crippen LogP contribution in [0.25, 0.3) is 0 Å². The summed E-state index contributed by atoms with van der Waals surface area (Å²) < 4.78 is 72.3. The number of nitro benzene ring substituents is 3. The van der Waals surface area contributed by atoms with Crippen molar-refractivity contribution in [1.82, 2.24) is 13.3 Å². The van der Waals surface area contributed by atoms with Gasteiger partial charge in [-0.3, -0.25) is 30.3 Å². The van der Waals surface area contributed by atoms with E-state index in [-0.39, 0.29) is 36.0 Å². The van der Waals surface area contributed by atoms with Gasteiger partial charge >= 0.3 is 0 Å². The maximum absolute atomic E-state index is 11.4. The van der Waals surface area contributed by atoms with Crippen molar-refractivity contribution >= 4 is 65.2 Å². The van der Waals surface area contributed by atoms with E-state index in [0.29, 0.717) is 52.0 Å². The molecule has 4 aromatic carbocycles. The topological polar surface area (TPSA) is 302 Å². The Balaban J connectivity index is 0.000000281. The van der Waals surface area contributed by atoms with Gasteiger partial charge in [-0.25, -0.2) is 30.0 Å². The van der Waals surface area contributed by atoms with Gasteiger partial charge in [0.05, 0.1) is 33.5 Å². The van der Waals surface area contributed by atoms with Gasteiger partial charge in [-0.05, 0) is 77.7 Å². The summed E-state index contributed by atoms with van der Waals surface area (Å²) >= 11 is 0. The van der Waals surface area contributed by atoms with Crippen molar-refractivity contribution in [2.24, 2.45) is 5.73 Å². The van der Waals surface area contributed by atoms with Gasteiger partial charge in [0.25, 0.3) is 17.1 Å². The molecule has 0 aromatic heterocycles. The van der Waals surface area contributed by atoms with Gasteiger partial charge in [-0.15, -0.1) is 12.4 Å². The molecular formula is C37H49ClN8O12S3. The van der Waals surface area contributed by atoms with Crippen LogP contribution in [-0.4, -0.2) is 93.6 Å². The summed E-state index contributed by atoms with van der Waals surface area (Å²) in [7, 11) is -9.48. The van der Waals surface area contributed by atoms with Crippen LogP contribution in [0.1, 0.15) is 33.4 Å². The van der Waals surface area contributed by atoms with E-state index in [1.807, 2.05) is 24.3 Å². The first-order valence-corrected chi connectivity index (χ1v) is 23.7. The minimum Gasteiger partial charge on any atom is -0.399 e. The maximum atomic E-state index is 11.4. The Morgan fingerprint density at radius 1 is 0.607 bits per heavy atom. The second kappa shape index (κ2) is 23.2. The van der Waals surface area contributed by atoms with Crippen LogP contribution in [0, 0.1) is 30.3 Å². The summed E-state index contributed by atoms with van der Waals surface area (Å²) in [5, 5.41) is 31.4. The Labute approximate surface area is 360 Å². The number of fused-ring (bicyclic) bond motifs is 2. The first-order valence-electron chi connectivity index (χ1n) is 18.1. The summed E-state index contributed by atoms with van der Waals surface area (Å²) in [6.45, 7) is 2.45. The van der Waals surface area contributed by atoms with Crippen LogP contribution >= 0.6 is 12.4 Å². The van der Waals surface area contributed by atoms with Gasteiger partial charge in [-0.2, -0.15) is 8.61 Å². The van der Waals surface area contributed by atoms with Gasteiger partial charge in [0.2, 0.25) is 30.1 Å². The lowest BCUT2D eigenvalue weighted by Crippen LogP contribution is -2.35. The molecule has 2 aliphatic rings. The predicted molar refractivity (Wildman–Crippen MR) is 235 cm³/mol. The van der Waals surface area contributed by atoms with Gasteiger partial charge in [0.1, 0.15) is 0 Å². The fraction of sp³-hybridized carbons (Fsp3) is 0.351. The second-order valence-electron chi connectivity index (χ2n) is 13.7. The summed E-state index contributed by atoms with van der Waals surface area (Å²) in [6.07, 6.45) is 5.85. The number of non-ortho nitro benzene ring substituents is 3. The highest BCUT2D eigenvalue weighted by Crippen LogP contribution is 2.25. The molecule has 0 bridgehead atoms. The van der Waals surface area contributed by atoms with E-state index in [4.69, 9.17) is 11.5 Å². The minimum absolute atomic E-state index is 0. The Kier molecular flexibility index (Phi) is 19.8. The molecule has 0 atom stereocenters. The lowest BCUT2D eigenvalue weighted by molar-refractivity contribution is -0.385. The number of hydrogen-bond acceptors (Lipinski definition) is 14. The normalized spacial score (nSPS) is 13.8. The quantitative estimate of drug-likeness (QED) is 0.110. The molecule has 0 saturated carbocycles. The van der Waals surface area contributed by atoms with Crippen LogP contribution in [0.2, 0.25) is 0 Å². The zero-order valence-corrected chi connectivity index (χ0v) is 36.8. The summed E-state index contributed by atoms with van der Waals surface area (Å²) in [5.41, 5.74) is 17.5. The third-order valence-corrected chi connectivity index (χ3v) is 12.2. The largest absolute Gasteiger partial charge is 0.399 e. The van der Waals surface area contributed by atoms with E-state index in [9.17, 15) is 55.6 Å². The van der Waals surface area contributed by atoms with Crippen molar-refractivity contribution in [3.63, 3.8) is 0 Å². The SMILES string of the molecule is CS(=O)(=O)N1CCc2cc(N)ccc2C1.CS(=O)(=O)N1CCc2cc([N+](=O)[O-])ccc2C1.CS(=O)(=O)NCCc1cccc([N+](=O)[O-])c1.Cl.NCCc1cccc([N+](=O)[O-])c1. The van der Waals surface area contributed by atoms with Gasteiger partial charge in [0, 0.05) is 74.8 Å². The molecule has 24 heteroatoms. The molecule has 0 unspecified atom stereocenters. The molecule has 2 heterocycles. The van der Waals surface area contributed by atoms with Crippen LogP contribution < -0.4 is 16.2 Å². The first kappa shape index (κ1) is 52.0. The molecule has 4 aromatic rings. The van der Waals surface area contributed by atoms with E-state index in [1.165, 1.54) is 51.5 Å². The second-order valence-corrected chi connectivity index (χ2v) is 19.5. The lowest BCUT2D eigenvalue weighted by Gasteiger charge is -2.26. The molecule has 0 fully saturated rings. The van der Waals surface area contributed by atoms with Crippen molar-refractivity contribution in [2.45, 2.75) is 38.8 Å². The highest BCUT2D eigenvalue weighted by Gasteiger charge is 2.25. The molecule has 0 amide bonds. The number of nitrogens with two attached hydrogens (primary N) is 2. The molecule has 0 aliphatic carbocycles. The molecular weight excluding hydrogens is 880 g/mol. The number of nitro groups is 3. The van der Waals surface area contributed by atoms with Crippen molar-refractivity contribution in [2.75, 3.05) is 50.7 Å². The number of nitrogens with zero attached hydrogens (tertiary/aromatic N) is 5. The number of anilines is 1. The van der Waals surface area contributed by atoms with Crippen molar-refractivity contribution in [1.29, 1.82) is 0 Å². The fourth-order valence-corrected chi connectivity index (χ4v) is 8.00. The Hall–Kier alpha value is -5.14. The summed E-state index contributed by atoms with van der Waals surface area (Å²) in [5.74, 6) is 0. The maximum Gasteiger partial charge on any atom is 0.269 e. The standard InChI is InChI=1S/C10H12N2O4S.C10H14N2O2S.C9H12N2O4S.C8H10N2O2.ClH/c1-17(15,16)11-5-4-8-6-10(12(13)14)3-2-9(8)7-11;1-15(13,14)12-5-4-8-6-10(11)3-2-9(8)7-12;1-16(14,15)10-6-5-8-3-2-4-9(7-8)11(12)13;9-5-4-7-2-1-3-8(6-7)10(11)12;/h2-3,6H,4-5,7H2,1H3;2-3,6H,4-5,7,11H2,1H3;2-4,7,10H,5-6H2,1H3;1-3,6H,4-5,9H2;1H. The van der Waals surface area contributed by atoms with Crippen molar-refractivity contribution in [3.8, 4) is 0 Å². The number of halogens is 1. The molecule has 6 rings (SSSR count). The van der Waals surface area contributed by atoms with E-state index in [1.54, 1.807) is 30.3 Å². The summed E-state index contributed by atoms with van der Waals surface area (Å²) in [4.78, 5) is 30.1. The first-order chi connectivity index (χ1) is 28.0. The van der Waals surface area contributed by atoms with Crippen LogP contribution in [0.4, 0.5) is 22.7 Å². The van der Waals surface area contributed by atoms with Crippen LogP contribution in [0.5, 0.6) is 0 Å². The van der Waals surface area contributed by atoms with Gasteiger partial charge in [-0.1, -0.05) is 36.4 Å². The predicted octanol–water partition coefficient (Wildman–Crippen LogP) is 3.70. The van der Waals surface area contributed by atoms with Crippen LogP contribution in [-0.2, 0) is 68.8 Å². The minimum atomic E-state index is -3.20. The zero-order valence-electron chi connectivity index (χ0n) is 33.6. The lowest BCUT2D eigenvalue weighted by atomic mass is 10.0. The van der Waals surface area contributed by atoms with Crippen LogP contribution in [0.15, 0.2) is 84.9 Å². The average molecular weight is 929 g/mol. The molecule has 334 valence electrons. The molecule has 0 spiro atoms. The van der Waals surface area contributed by atoms with E-state index >= 15 is 0 Å². The third kappa shape index (κ3) is 17.8. The number of hydrogen-bond donors (Lipinski definition) is 3. The number of nitrogens with one attached hydrogen (secondary N) is 1. The molecule has 0 radical (unpaired) electrons. The Morgan fingerprint density at radius 3 is 1.46 bits per heavy atom. The molecule has 2 aliphatic heterocycles. The number of nitrogen functional groups attached to an aromatic ring is 1. The fourth-order valence-electron chi connectivity index (χ4n) is 5.94. The average Bonchev–Trinajstić information content (AvgIpc) is 3.17. The van der Waals surface area contributed by atoms with Crippen molar-refractivity contribution in [3.05, 3.63) is 149 Å². The summed E-state index contributed by atoms with van der Waals surface area (Å²) in [6, 6.07) is 22.9. The highest BCUT2D eigenvalue weighted by atomic mass is 35.5. The number of benzene rings is 4. The van der Waals surface area contributed by atoms with Gasteiger partial charge in [0.15, 0.2) is 0 Å². The van der Waals surface area contributed by atoms with E-state index < -0.39 is 44.8 Å². The van der Waals surface area contributed by atoms with Crippen LogP contribution in [0.3, 0.4) is 0 Å². The molecule has 61 heavy (non-hydrogen) atoms. The Bertz CT molecular complexity index is 2510. The third-order valence-electron chi connectivity index (χ3n) is 8.98. The van der Waals surface area contributed by atoms with Gasteiger partial charge < -0.3 is 11.5 Å². The highest BCUT2D eigenvalue weighted by molar-refractivity contribution is 7.89. The Morgan fingerprint density at radius 2 is 1.03 bits per heavy atom. The van der Waals surface area contributed by atoms with Crippen molar-refractivity contribution < 1.29 is 40.0 Å². The smallest absolute Gasteiger partial charge is 0.269 e. The molecule has 20 nitrogen and oxygen atoms in total. The number of sulfonamides is 3. The molecule has 5 N–H and O–H groups in total.